The second-order valence-electron chi connectivity index (χ2n) is 7.67. The molecule has 32 heavy (non-hydrogen) atoms. The Morgan fingerprint density at radius 1 is 1.22 bits per heavy atom. The topological polar surface area (TPSA) is 119 Å². The van der Waals surface area contributed by atoms with Crippen molar-refractivity contribution in [3.63, 3.8) is 0 Å². The molecule has 0 aliphatic carbocycles. The van der Waals surface area contributed by atoms with Gasteiger partial charge < -0.3 is 19.6 Å². The number of aryl methyl sites for hydroxylation is 1. The van der Waals surface area contributed by atoms with Crippen molar-refractivity contribution in [2.24, 2.45) is 0 Å². The lowest BCUT2D eigenvalue weighted by molar-refractivity contribution is -0.147. The number of H-pyrrole nitrogens is 1. The zero-order valence-corrected chi connectivity index (χ0v) is 18.5. The van der Waals surface area contributed by atoms with E-state index >= 15 is 0 Å². The number of methoxy groups -OCH3 is 1. The third-order valence-corrected chi connectivity index (χ3v) is 5.48. The third kappa shape index (κ3) is 4.70. The minimum atomic E-state index is -1.70. The van der Waals surface area contributed by atoms with Crippen LogP contribution in [-0.4, -0.2) is 34.1 Å². The normalized spacial score (nSPS) is 12.9. The molecule has 0 fully saturated rings. The lowest BCUT2D eigenvalue weighted by atomic mass is 9.84. The van der Waals surface area contributed by atoms with E-state index in [2.05, 4.69) is 9.97 Å². The number of benzene rings is 1. The number of para-hydroxylation sites is 1. The Hall–Kier alpha value is -3.52. The van der Waals surface area contributed by atoms with Crippen molar-refractivity contribution in [3.05, 3.63) is 63.4 Å². The highest BCUT2D eigenvalue weighted by molar-refractivity contribution is 5.82. The van der Waals surface area contributed by atoms with Gasteiger partial charge in [-0.25, -0.2) is 4.98 Å². The van der Waals surface area contributed by atoms with E-state index in [9.17, 15) is 19.5 Å². The van der Waals surface area contributed by atoms with Crippen molar-refractivity contribution in [3.8, 4) is 11.4 Å². The Morgan fingerprint density at radius 2 is 1.94 bits per heavy atom. The molecule has 0 radical (unpaired) electrons. The molecule has 2 N–H and O–H groups in total. The smallest absolute Gasteiger partial charge is 0.308 e. The summed E-state index contributed by atoms with van der Waals surface area (Å²) >= 11 is 0. The molecular weight excluding hydrogens is 412 g/mol. The van der Waals surface area contributed by atoms with Crippen molar-refractivity contribution in [1.82, 2.24) is 9.97 Å². The number of aromatic nitrogens is 2. The standard InChI is InChI=1S/C24H26N2O6/c1-5-24(30,12-21(28)31-4)18-11-20(26-23(29)17(18)13-32-15(3)27)22-14(2)10-16-8-6-7-9-19(16)25-22/h6-11,30H,5,12-13H2,1-4H3,(H,26,29)/t24-/m1/s1. The fourth-order valence-electron chi connectivity index (χ4n) is 3.66. The molecule has 0 saturated carbocycles. The third-order valence-electron chi connectivity index (χ3n) is 5.48. The van der Waals surface area contributed by atoms with Crippen molar-refractivity contribution in [2.75, 3.05) is 7.11 Å². The highest BCUT2D eigenvalue weighted by Crippen LogP contribution is 2.34. The fourth-order valence-corrected chi connectivity index (χ4v) is 3.66. The Labute approximate surface area is 185 Å². The van der Waals surface area contributed by atoms with Gasteiger partial charge in [0.15, 0.2) is 0 Å². The number of aliphatic hydroxyl groups is 1. The highest BCUT2D eigenvalue weighted by Gasteiger charge is 2.35. The molecule has 1 aromatic carbocycles. The number of aromatic amines is 1. The van der Waals surface area contributed by atoms with Gasteiger partial charge in [-0.3, -0.25) is 14.4 Å². The quantitative estimate of drug-likeness (QED) is 0.544. The number of hydrogen-bond acceptors (Lipinski definition) is 7. The monoisotopic (exact) mass is 438 g/mol. The first kappa shape index (κ1) is 23.1. The molecule has 0 amide bonds. The molecule has 8 nitrogen and oxygen atoms in total. The van der Waals surface area contributed by atoms with Crippen LogP contribution in [0, 0.1) is 6.92 Å². The Balaban J connectivity index is 2.24. The van der Waals surface area contributed by atoms with Gasteiger partial charge in [-0.15, -0.1) is 0 Å². The van der Waals surface area contributed by atoms with E-state index < -0.39 is 23.1 Å². The van der Waals surface area contributed by atoms with Gasteiger partial charge in [-0.1, -0.05) is 25.1 Å². The van der Waals surface area contributed by atoms with Gasteiger partial charge >= 0.3 is 11.9 Å². The molecule has 3 rings (SSSR count). The van der Waals surface area contributed by atoms with Crippen LogP contribution in [0.3, 0.4) is 0 Å². The molecule has 0 spiro atoms. The van der Waals surface area contributed by atoms with Crippen LogP contribution in [0.2, 0.25) is 0 Å². The summed E-state index contributed by atoms with van der Waals surface area (Å²) in [6, 6.07) is 11.2. The van der Waals surface area contributed by atoms with Crippen molar-refractivity contribution in [1.29, 1.82) is 0 Å². The maximum atomic E-state index is 13.0. The first-order valence-electron chi connectivity index (χ1n) is 10.2. The summed E-state index contributed by atoms with van der Waals surface area (Å²) in [5.74, 6) is -1.20. The second-order valence-corrected chi connectivity index (χ2v) is 7.67. The lowest BCUT2D eigenvalue weighted by Crippen LogP contribution is -2.33. The van der Waals surface area contributed by atoms with Gasteiger partial charge in [0.05, 0.1) is 36.0 Å². The summed E-state index contributed by atoms with van der Waals surface area (Å²) in [6.45, 7) is 4.46. The van der Waals surface area contributed by atoms with Crippen LogP contribution in [-0.2, 0) is 31.3 Å². The lowest BCUT2D eigenvalue weighted by Gasteiger charge is -2.28. The van der Waals surface area contributed by atoms with Crippen molar-refractivity contribution < 1.29 is 24.2 Å². The number of esters is 2. The summed E-state index contributed by atoms with van der Waals surface area (Å²) < 4.78 is 9.78. The zero-order valence-electron chi connectivity index (χ0n) is 18.5. The van der Waals surface area contributed by atoms with E-state index in [-0.39, 0.29) is 30.6 Å². The molecule has 0 aliphatic rings. The van der Waals surface area contributed by atoms with Crippen molar-refractivity contribution in [2.45, 2.75) is 45.8 Å². The molecule has 0 unspecified atom stereocenters. The van der Waals surface area contributed by atoms with Crippen LogP contribution in [0.5, 0.6) is 0 Å². The number of ether oxygens (including phenoxy) is 2. The van der Waals surface area contributed by atoms with Gasteiger partial charge in [-0.05, 0) is 42.7 Å². The van der Waals surface area contributed by atoms with E-state index in [1.807, 2.05) is 37.3 Å². The molecule has 3 aromatic rings. The van der Waals surface area contributed by atoms with Crippen LogP contribution >= 0.6 is 0 Å². The van der Waals surface area contributed by atoms with Gasteiger partial charge in [0.2, 0.25) is 0 Å². The van der Waals surface area contributed by atoms with Gasteiger partial charge in [-0.2, -0.15) is 0 Å². The van der Waals surface area contributed by atoms with Crippen LogP contribution in [0.15, 0.2) is 41.2 Å². The molecule has 0 aliphatic heterocycles. The number of fused-ring (bicyclic) bond motifs is 1. The maximum absolute atomic E-state index is 13.0. The van der Waals surface area contributed by atoms with Gasteiger partial charge in [0.1, 0.15) is 12.2 Å². The molecule has 0 saturated heterocycles. The van der Waals surface area contributed by atoms with Gasteiger partial charge in [0.25, 0.3) is 5.56 Å². The van der Waals surface area contributed by atoms with Gasteiger partial charge in [0, 0.05) is 12.3 Å². The first-order valence-corrected chi connectivity index (χ1v) is 10.2. The minimum absolute atomic E-state index is 0.0654. The number of carbonyl (C=O) groups is 2. The number of nitrogens with zero attached hydrogens (tertiary/aromatic N) is 1. The molecular formula is C24H26N2O6. The second kappa shape index (κ2) is 9.32. The van der Waals surface area contributed by atoms with E-state index in [0.29, 0.717) is 11.4 Å². The van der Waals surface area contributed by atoms with E-state index in [1.165, 1.54) is 14.0 Å². The Bertz CT molecular complexity index is 1230. The molecule has 168 valence electrons. The van der Waals surface area contributed by atoms with Crippen LogP contribution in [0.4, 0.5) is 0 Å². The largest absolute Gasteiger partial charge is 0.469 e. The Kier molecular flexibility index (Phi) is 6.74. The molecule has 1 atom stereocenters. The number of rotatable bonds is 7. The zero-order chi connectivity index (χ0) is 23.5. The van der Waals surface area contributed by atoms with Crippen LogP contribution in [0.25, 0.3) is 22.3 Å². The molecule has 0 bridgehead atoms. The molecule has 8 heteroatoms. The summed E-state index contributed by atoms with van der Waals surface area (Å²) in [4.78, 5) is 43.9. The fraction of sp³-hybridized carbons (Fsp3) is 0.333. The summed E-state index contributed by atoms with van der Waals surface area (Å²) in [6.07, 6.45) is -0.234. The van der Waals surface area contributed by atoms with Crippen LogP contribution in [0.1, 0.15) is 43.4 Å². The van der Waals surface area contributed by atoms with E-state index in [4.69, 9.17) is 9.47 Å². The first-order chi connectivity index (χ1) is 15.2. The van der Waals surface area contributed by atoms with Crippen LogP contribution < -0.4 is 5.56 Å². The number of pyridine rings is 2. The SMILES string of the molecule is CC[C@@](O)(CC(=O)OC)c1cc(-c2nc3ccccc3cc2C)[nH]c(=O)c1COC(C)=O. The summed E-state index contributed by atoms with van der Waals surface area (Å²) in [5, 5.41) is 12.3. The molecule has 2 heterocycles. The average molecular weight is 438 g/mol. The number of nitrogens with one attached hydrogen (secondary N) is 1. The predicted molar refractivity (Wildman–Crippen MR) is 119 cm³/mol. The number of carbonyl (C=O) groups excluding carboxylic acids is 2. The van der Waals surface area contributed by atoms with E-state index in [0.717, 1.165) is 16.5 Å². The Morgan fingerprint density at radius 3 is 2.59 bits per heavy atom. The highest BCUT2D eigenvalue weighted by atomic mass is 16.5. The maximum Gasteiger partial charge on any atom is 0.308 e. The predicted octanol–water partition coefficient (Wildman–Crippen LogP) is 3.12. The number of hydrogen-bond donors (Lipinski definition) is 2. The summed E-state index contributed by atoms with van der Waals surface area (Å²) in [7, 11) is 1.23. The van der Waals surface area contributed by atoms with Crippen molar-refractivity contribution >= 4 is 22.8 Å². The van der Waals surface area contributed by atoms with E-state index in [1.54, 1.807) is 13.0 Å². The minimum Gasteiger partial charge on any atom is -0.469 e. The summed E-state index contributed by atoms with van der Waals surface area (Å²) in [5.41, 5.74) is 0.524. The average Bonchev–Trinajstić information content (AvgIpc) is 2.76. The molecule has 2 aromatic heterocycles.